The Kier molecular flexibility index (Phi) is 4.10. The minimum atomic E-state index is 0.157. The predicted molar refractivity (Wildman–Crippen MR) is 81.1 cm³/mol. The van der Waals surface area contributed by atoms with Crippen molar-refractivity contribution in [3.05, 3.63) is 29.3 Å². The summed E-state index contributed by atoms with van der Waals surface area (Å²) in [7, 11) is 0. The van der Waals surface area contributed by atoms with Crippen LogP contribution in [0.4, 0.5) is 5.69 Å². The highest BCUT2D eigenvalue weighted by atomic mass is 15.3. The van der Waals surface area contributed by atoms with Crippen molar-refractivity contribution >= 4 is 11.5 Å². The Labute approximate surface area is 115 Å². The van der Waals surface area contributed by atoms with Gasteiger partial charge in [-0.25, -0.2) is 0 Å². The van der Waals surface area contributed by atoms with Gasteiger partial charge in [-0.2, -0.15) is 0 Å². The minimum absolute atomic E-state index is 0.157. The third-order valence-electron chi connectivity index (χ3n) is 3.95. The Hall–Kier alpha value is -1.55. The quantitative estimate of drug-likeness (QED) is 0.644. The summed E-state index contributed by atoms with van der Waals surface area (Å²) in [4.78, 5) is 4.84. The van der Waals surface area contributed by atoms with Crippen LogP contribution < -0.4 is 10.6 Å². The number of hydrogen-bond acceptors (Lipinski definition) is 3. The van der Waals surface area contributed by atoms with E-state index in [1.54, 1.807) is 0 Å². The van der Waals surface area contributed by atoms with Crippen LogP contribution in [-0.2, 0) is 0 Å². The van der Waals surface area contributed by atoms with Crippen LogP contribution in [0.15, 0.2) is 18.2 Å². The fourth-order valence-corrected chi connectivity index (χ4v) is 2.83. The van der Waals surface area contributed by atoms with Crippen molar-refractivity contribution in [2.75, 3.05) is 31.1 Å². The number of nitrogens with two attached hydrogens (primary N) is 1. The molecule has 3 N–H and O–H groups in total. The van der Waals surface area contributed by atoms with Crippen LogP contribution in [0.3, 0.4) is 0 Å². The van der Waals surface area contributed by atoms with E-state index in [0.717, 1.165) is 43.0 Å². The van der Waals surface area contributed by atoms with E-state index in [4.69, 9.17) is 11.1 Å². The van der Waals surface area contributed by atoms with Crippen LogP contribution >= 0.6 is 0 Å². The monoisotopic (exact) mass is 260 g/mol. The van der Waals surface area contributed by atoms with Gasteiger partial charge in [0.15, 0.2) is 0 Å². The lowest BCUT2D eigenvalue weighted by atomic mass is 10.1. The molecule has 1 aliphatic heterocycles. The summed E-state index contributed by atoms with van der Waals surface area (Å²) in [5, 5.41) is 7.76. The predicted octanol–water partition coefficient (Wildman–Crippen LogP) is 1.81. The molecule has 0 aromatic heterocycles. The van der Waals surface area contributed by atoms with Gasteiger partial charge in [-0.3, -0.25) is 10.3 Å². The van der Waals surface area contributed by atoms with Crippen molar-refractivity contribution < 1.29 is 0 Å². The van der Waals surface area contributed by atoms with Gasteiger partial charge < -0.3 is 10.6 Å². The maximum Gasteiger partial charge on any atom is 0.124 e. The summed E-state index contributed by atoms with van der Waals surface area (Å²) in [6, 6.07) is 6.74. The third-order valence-corrected chi connectivity index (χ3v) is 3.95. The van der Waals surface area contributed by atoms with E-state index in [1.807, 2.05) is 13.0 Å². The molecule has 1 aromatic rings. The Balaban J connectivity index is 2.25. The number of anilines is 1. The molecule has 104 valence electrons. The zero-order chi connectivity index (χ0) is 14.0. The molecule has 1 aromatic carbocycles. The molecule has 1 atom stereocenters. The fraction of sp³-hybridized carbons (Fsp3) is 0.533. The average molecular weight is 260 g/mol. The molecule has 1 heterocycles. The van der Waals surface area contributed by atoms with E-state index in [-0.39, 0.29) is 5.84 Å². The van der Waals surface area contributed by atoms with Crippen molar-refractivity contribution in [1.29, 1.82) is 5.41 Å². The number of hydrogen-bond donors (Lipinski definition) is 2. The number of benzene rings is 1. The minimum Gasteiger partial charge on any atom is -0.384 e. The molecule has 0 spiro atoms. The lowest BCUT2D eigenvalue weighted by Crippen LogP contribution is -2.52. The first-order chi connectivity index (χ1) is 9.02. The third kappa shape index (κ3) is 2.89. The van der Waals surface area contributed by atoms with Crippen LogP contribution in [0, 0.1) is 12.3 Å². The maximum atomic E-state index is 7.76. The summed E-state index contributed by atoms with van der Waals surface area (Å²) in [5.74, 6) is 0.157. The summed E-state index contributed by atoms with van der Waals surface area (Å²) < 4.78 is 0. The molecule has 1 fully saturated rings. The molecule has 4 heteroatoms. The highest BCUT2D eigenvalue weighted by Gasteiger charge is 2.24. The van der Waals surface area contributed by atoms with Gasteiger partial charge in [-0.05, 0) is 32.5 Å². The second kappa shape index (κ2) is 5.61. The number of piperazine rings is 1. The van der Waals surface area contributed by atoms with E-state index in [0.29, 0.717) is 6.04 Å². The molecule has 0 radical (unpaired) electrons. The van der Waals surface area contributed by atoms with Crippen molar-refractivity contribution in [3.8, 4) is 0 Å². The Morgan fingerprint density at radius 1 is 1.42 bits per heavy atom. The normalized spacial score (nSPS) is 20.6. The number of rotatable bonds is 3. The van der Waals surface area contributed by atoms with Gasteiger partial charge in [-0.1, -0.05) is 18.6 Å². The molecule has 1 aliphatic rings. The van der Waals surface area contributed by atoms with Gasteiger partial charge in [0.25, 0.3) is 0 Å². The summed E-state index contributed by atoms with van der Waals surface area (Å²) in [5.41, 5.74) is 8.83. The van der Waals surface area contributed by atoms with Gasteiger partial charge in [-0.15, -0.1) is 0 Å². The van der Waals surface area contributed by atoms with E-state index in [1.165, 1.54) is 0 Å². The lowest BCUT2D eigenvalue weighted by molar-refractivity contribution is 0.199. The van der Waals surface area contributed by atoms with Crippen molar-refractivity contribution in [3.63, 3.8) is 0 Å². The lowest BCUT2D eigenvalue weighted by Gasteiger charge is -2.41. The Bertz CT molecular complexity index is 469. The van der Waals surface area contributed by atoms with Gasteiger partial charge in [0.05, 0.1) is 0 Å². The van der Waals surface area contributed by atoms with Crippen molar-refractivity contribution in [2.45, 2.75) is 26.8 Å². The number of likely N-dealkylation sites (N-methyl/N-ethyl adjacent to an activating group) is 1. The molecular weight excluding hydrogens is 236 g/mol. The largest absolute Gasteiger partial charge is 0.384 e. The second-order valence-corrected chi connectivity index (χ2v) is 5.36. The van der Waals surface area contributed by atoms with Gasteiger partial charge in [0.1, 0.15) is 5.84 Å². The van der Waals surface area contributed by atoms with Gasteiger partial charge in [0, 0.05) is 36.9 Å². The Morgan fingerprint density at radius 3 is 2.74 bits per heavy atom. The van der Waals surface area contributed by atoms with E-state index in [2.05, 4.69) is 35.8 Å². The van der Waals surface area contributed by atoms with E-state index >= 15 is 0 Å². The standard InChI is InChI=1S/C15H24N4/c1-4-18-7-8-19(10-12(18)3)14-6-5-11(2)9-13(14)15(16)17/h5-6,9,12H,4,7-8,10H2,1-3H3,(H3,16,17). The highest BCUT2D eigenvalue weighted by Crippen LogP contribution is 2.24. The van der Waals surface area contributed by atoms with E-state index < -0.39 is 0 Å². The van der Waals surface area contributed by atoms with Crippen LogP contribution in [0.25, 0.3) is 0 Å². The first kappa shape index (κ1) is 13.9. The summed E-state index contributed by atoms with van der Waals surface area (Å²) >= 11 is 0. The van der Waals surface area contributed by atoms with Gasteiger partial charge >= 0.3 is 0 Å². The number of nitrogens with one attached hydrogen (secondary N) is 1. The topological polar surface area (TPSA) is 56.4 Å². The van der Waals surface area contributed by atoms with Crippen LogP contribution in [0.1, 0.15) is 25.0 Å². The smallest absolute Gasteiger partial charge is 0.124 e. The molecule has 0 saturated carbocycles. The zero-order valence-electron chi connectivity index (χ0n) is 12.1. The zero-order valence-corrected chi connectivity index (χ0v) is 12.1. The molecule has 0 aliphatic carbocycles. The molecular formula is C15H24N4. The SMILES string of the molecule is CCN1CCN(c2ccc(C)cc2C(=N)N)CC1C. The highest BCUT2D eigenvalue weighted by molar-refractivity contribution is 6.00. The molecule has 19 heavy (non-hydrogen) atoms. The van der Waals surface area contributed by atoms with Crippen LogP contribution in [-0.4, -0.2) is 43.0 Å². The average Bonchev–Trinajstić information content (AvgIpc) is 2.38. The van der Waals surface area contributed by atoms with Crippen molar-refractivity contribution in [1.82, 2.24) is 4.90 Å². The molecule has 2 rings (SSSR count). The maximum absolute atomic E-state index is 7.76. The number of aryl methyl sites for hydroxylation is 1. The van der Waals surface area contributed by atoms with Gasteiger partial charge in [0.2, 0.25) is 0 Å². The number of nitrogen functional groups attached to an aromatic ring is 1. The first-order valence-corrected chi connectivity index (χ1v) is 6.97. The van der Waals surface area contributed by atoms with E-state index in [9.17, 15) is 0 Å². The first-order valence-electron chi connectivity index (χ1n) is 6.97. The Morgan fingerprint density at radius 2 is 2.16 bits per heavy atom. The molecule has 4 nitrogen and oxygen atoms in total. The van der Waals surface area contributed by atoms with Crippen LogP contribution in [0.5, 0.6) is 0 Å². The number of nitrogens with zero attached hydrogens (tertiary/aromatic N) is 2. The molecule has 0 amide bonds. The summed E-state index contributed by atoms with van der Waals surface area (Å²) in [6.45, 7) is 10.7. The molecule has 1 unspecified atom stereocenters. The van der Waals surface area contributed by atoms with Crippen molar-refractivity contribution in [2.24, 2.45) is 5.73 Å². The fourth-order valence-electron chi connectivity index (χ4n) is 2.83. The number of amidine groups is 1. The second-order valence-electron chi connectivity index (χ2n) is 5.36. The summed E-state index contributed by atoms with van der Waals surface area (Å²) in [6.07, 6.45) is 0. The molecule has 1 saturated heterocycles. The molecule has 0 bridgehead atoms. The van der Waals surface area contributed by atoms with Crippen LogP contribution in [0.2, 0.25) is 0 Å².